The van der Waals surface area contributed by atoms with Gasteiger partial charge in [-0.05, 0) is 44.4 Å². The van der Waals surface area contributed by atoms with Crippen LogP contribution in [0.2, 0.25) is 0 Å². The lowest BCUT2D eigenvalue weighted by Crippen LogP contribution is -2.37. The number of aryl methyl sites for hydroxylation is 1. The molecule has 0 bridgehead atoms. The number of fused-ring (bicyclic) bond motifs is 1. The number of esters is 1. The van der Waals surface area contributed by atoms with E-state index in [1.54, 1.807) is 23.6 Å². The molecule has 7 heteroatoms. The van der Waals surface area contributed by atoms with Crippen molar-refractivity contribution in [1.29, 1.82) is 0 Å². The van der Waals surface area contributed by atoms with Gasteiger partial charge in [0.15, 0.2) is 6.10 Å². The van der Waals surface area contributed by atoms with Gasteiger partial charge >= 0.3 is 5.97 Å². The highest BCUT2D eigenvalue weighted by molar-refractivity contribution is 5.83. The van der Waals surface area contributed by atoms with E-state index in [1.807, 2.05) is 49.4 Å². The molecule has 166 valence electrons. The van der Waals surface area contributed by atoms with E-state index in [0.29, 0.717) is 16.7 Å². The Morgan fingerprint density at radius 3 is 2.50 bits per heavy atom. The summed E-state index contributed by atoms with van der Waals surface area (Å²) in [7, 11) is 0. The molecule has 2 atom stereocenters. The van der Waals surface area contributed by atoms with Crippen molar-refractivity contribution >= 4 is 22.8 Å². The molecule has 0 spiro atoms. The minimum atomic E-state index is -0.913. The van der Waals surface area contributed by atoms with Crippen LogP contribution >= 0.6 is 0 Å². The van der Waals surface area contributed by atoms with Gasteiger partial charge in [-0.1, -0.05) is 42.5 Å². The first-order valence-electron chi connectivity index (χ1n) is 11.0. The number of hydrogen-bond donors (Lipinski definition) is 1. The molecule has 2 unspecified atom stereocenters. The quantitative estimate of drug-likeness (QED) is 0.550. The van der Waals surface area contributed by atoms with E-state index in [0.717, 1.165) is 18.4 Å². The second-order valence-corrected chi connectivity index (χ2v) is 8.22. The fourth-order valence-electron chi connectivity index (χ4n) is 3.76. The highest BCUT2D eigenvalue weighted by atomic mass is 16.5. The van der Waals surface area contributed by atoms with Gasteiger partial charge < -0.3 is 10.1 Å². The summed E-state index contributed by atoms with van der Waals surface area (Å²) < 4.78 is 7.05. The van der Waals surface area contributed by atoms with Crippen LogP contribution in [0, 0.1) is 0 Å². The summed E-state index contributed by atoms with van der Waals surface area (Å²) in [6.07, 6.45) is 1.29. The highest BCUT2D eigenvalue weighted by Gasteiger charge is 2.28. The van der Waals surface area contributed by atoms with E-state index in [9.17, 15) is 14.4 Å². The van der Waals surface area contributed by atoms with E-state index >= 15 is 0 Å². The fourth-order valence-corrected chi connectivity index (χ4v) is 3.76. The van der Waals surface area contributed by atoms with Gasteiger partial charge in [-0.2, -0.15) is 0 Å². The van der Waals surface area contributed by atoms with E-state index in [-0.39, 0.29) is 36.4 Å². The predicted molar refractivity (Wildman–Crippen MR) is 121 cm³/mol. The molecule has 0 radical (unpaired) electrons. The lowest BCUT2D eigenvalue weighted by atomic mass is 10.1. The number of nitrogens with zero attached hydrogens (tertiary/aromatic N) is 2. The largest absolute Gasteiger partial charge is 0.453 e. The van der Waals surface area contributed by atoms with Crippen LogP contribution in [-0.2, 0) is 20.7 Å². The summed E-state index contributed by atoms with van der Waals surface area (Å²) in [6, 6.07) is 16.8. The third-order valence-electron chi connectivity index (χ3n) is 5.68. The van der Waals surface area contributed by atoms with Gasteiger partial charge in [0, 0.05) is 12.5 Å². The van der Waals surface area contributed by atoms with E-state index < -0.39 is 12.1 Å². The van der Waals surface area contributed by atoms with Crippen molar-refractivity contribution in [2.75, 3.05) is 0 Å². The summed E-state index contributed by atoms with van der Waals surface area (Å²) in [5.74, 6) is -0.263. The van der Waals surface area contributed by atoms with E-state index in [2.05, 4.69) is 10.3 Å². The fraction of sp³-hybridized carbons (Fsp3) is 0.360. The SMILES string of the molecule is CC(OC(=O)CCc1nc2ccccc2c(=O)n1C1CC1)C(=O)NC(C)c1ccccc1. The normalized spacial score (nSPS) is 15.2. The van der Waals surface area contributed by atoms with Gasteiger partial charge in [-0.15, -0.1) is 0 Å². The van der Waals surface area contributed by atoms with Crippen molar-refractivity contribution in [2.45, 2.75) is 57.7 Å². The molecule has 1 amide bonds. The Balaban J connectivity index is 1.38. The van der Waals surface area contributed by atoms with Crippen molar-refractivity contribution in [3.8, 4) is 0 Å². The van der Waals surface area contributed by atoms with E-state index in [1.165, 1.54) is 0 Å². The second-order valence-electron chi connectivity index (χ2n) is 8.22. The zero-order chi connectivity index (χ0) is 22.7. The van der Waals surface area contributed by atoms with Crippen LogP contribution in [0.15, 0.2) is 59.4 Å². The molecule has 1 aromatic heterocycles. The number of carbonyl (C=O) groups is 2. The summed E-state index contributed by atoms with van der Waals surface area (Å²) in [5.41, 5.74) is 1.53. The van der Waals surface area contributed by atoms with Crippen LogP contribution in [0.5, 0.6) is 0 Å². The molecule has 1 aliphatic carbocycles. The summed E-state index contributed by atoms with van der Waals surface area (Å²) in [5, 5.41) is 3.45. The van der Waals surface area contributed by atoms with E-state index in [4.69, 9.17) is 4.74 Å². The zero-order valence-corrected chi connectivity index (χ0v) is 18.3. The molecule has 1 saturated carbocycles. The zero-order valence-electron chi connectivity index (χ0n) is 18.3. The Hall–Kier alpha value is -3.48. The first kappa shape index (κ1) is 21.7. The number of carbonyl (C=O) groups excluding carboxylic acids is 2. The summed E-state index contributed by atoms with van der Waals surface area (Å²) in [6.45, 7) is 3.43. The van der Waals surface area contributed by atoms with Crippen molar-refractivity contribution in [3.63, 3.8) is 0 Å². The molecule has 1 heterocycles. The third kappa shape index (κ3) is 4.88. The van der Waals surface area contributed by atoms with Crippen molar-refractivity contribution in [3.05, 3.63) is 76.3 Å². The number of ether oxygens (including phenoxy) is 1. The molecular weight excluding hydrogens is 406 g/mol. The Labute approximate surface area is 186 Å². The molecule has 1 fully saturated rings. The maximum absolute atomic E-state index is 12.9. The highest BCUT2D eigenvalue weighted by Crippen LogP contribution is 2.34. The second kappa shape index (κ2) is 9.34. The van der Waals surface area contributed by atoms with Gasteiger partial charge in [0.1, 0.15) is 5.82 Å². The number of rotatable bonds is 8. The van der Waals surface area contributed by atoms with Gasteiger partial charge in [-0.3, -0.25) is 19.0 Å². The maximum Gasteiger partial charge on any atom is 0.307 e. The van der Waals surface area contributed by atoms with Crippen LogP contribution in [0.4, 0.5) is 0 Å². The monoisotopic (exact) mass is 433 g/mol. The number of nitrogens with one attached hydrogen (secondary N) is 1. The molecule has 3 aromatic rings. The standard InChI is InChI=1S/C25H27N3O4/c1-16(18-8-4-3-5-9-18)26-24(30)17(2)32-23(29)15-14-22-27-21-11-7-6-10-20(21)25(31)28(22)19-12-13-19/h3-11,16-17,19H,12-15H2,1-2H3,(H,26,30). The molecule has 1 aliphatic rings. The van der Waals surface area contributed by atoms with Crippen LogP contribution in [0.25, 0.3) is 10.9 Å². The van der Waals surface area contributed by atoms with Crippen molar-refractivity contribution in [2.24, 2.45) is 0 Å². The number of para-hydroxylation sites is 1. The molecule has 1 N–H and O–H groups in total. The first-order chi connectivity index (χ1) is 15.4. The number of amides is 1. The lowest BCUT2D eigenvalue weighted by Gasteiger charge is -2.18. The predicted octanol–water partition coefficient (Wildman–Crippen LogP) is 3.47. The molecule has 0 saturated heterocycles. The average molecular weight is 434 g/mol. The Bertz CT molecular complexity index is 1180. The molecule has 4 rings (SSSR count). The molecule has 2 aromatic carbocycles. The van der Waals surface area contributed by atoms with Gasteiger partial charge in [0.25, 0.3) is 11.5 Å². The summed E-state index contributed by atoms with van der Waals surface area (Å²) in [4.78, 5) is 42.4. The van der Waals surface area contributed by atoms with Gasteiger partial charge in [0.2, 0.25) is 0 Å². The number of hydrogen-bond acceptors (Lipinski definition) is 5. The Morgan fingerprint density at radius 2 is 1.78 bits per heavy atom. The van der Waals surface area contributed by atoms with Crippen molar-refractivity contribution in [1.82, 2.24) is 14.9 Å². The minimum Gasteiger partial charge on any atom is -0.453 e. The lowest BCUT2D eigenvalue weighted by molar-refractivity contribution is -0.155. The molecular formula is C25H27N3O4. The smallest absolute Gasteiger partial charge is 0.307 e. The molecule has 7 nitrogen and oxygen atoms in total. The molecule has 0 aliphatic heterocycles. The van der Waals surface area contributed by atoms with Crippen LogP contribution < -0.4 is 10.9 Å². The van der Waals surface area contributed by atoms with Gasteiger partial charge in [0.05, 0.1) is 23.4 Å². The topological polar surface area (TPSA) is 90.3 Å². The third-order valence-corrected chi connectivity index (χ3v) is 5.68. The minimum absolute atomic E-state index is 0.0450. The van der Waals surface area contributed by atoms with Crippen LogP contribution in [0.3, 0.4) is 0 Å². The Morgan fingerprint density at radius 1 is 1.09 bits per heavy atom. The molecule has 32 heavy (non-hydrogen) atoms. The number of benzene rings is 2. The maximum atomic E-state index is 12.9. The number of aromatic nitrogens is 2. The summed E-state index contributed by atoms with van der Waals surface area (Å²) >= 11 is 0. The van der Waals surface area contributed by atoms with Crippen LogP contribution in [-0.4, -0.2) is 27.5 Å². The Kier molecular flexibility index (Phi) is 6.35. The first-order valence-corrected chi connectivity index (χ1v) is 11.0. The van der Waals surface area contributed by atoms with Crippen LogP contribution in [0.1, 0.15) is 56.6 Å². The van der Waals surface area contributed by atoms with Gasteiger partial charge in [-0.25, -0.2) is 4.98 Å². The van der Waals surface area contributed by atoms with Crippen molar-refractivity contribution < 1.29 is 14.3 Å². The average Bonchev–Trinajstić information content (AvgIpc) is 3.63.